The maximum Gasteiger partial charge on any atom is 0.277 e. The second-order valence-corrected chi connectivity index (χ2v) is 7.80. The molecular weight excluding hydrogens is 445 g/mol. The van der Waals surface area contributed by atoms with Crippen LogP contribution in [0.15, 0.2) is 46.0 Å². The lowest BCUT2D eigenvalue weighted by Crippen LogP contribution is -2.13. The minimum atomic E-state index is -0.240. The number of anilines is 1. The number of ether oxygens (including phenoxy) is 1. The van der Waals surface area contributed by atoms with Gasteiger partial charge in [0.25, 0.3) is 11.1 Å². The van der Waals surface area contributed by atoms with Gasteiger partial charge in [0.1, 0.15) is 5.75 Å². The van der Waals surface area contributed by atoms with Crippen molar-refractivity contribution in [2.24, 2.45) is 0 Å². The Morgan fingerprint density at radius 1 is 1.14 bits per heavy atom. The molecule has 0 saturated heterocycles. The van der Waals surface area contributed by atoms with Crippen LogP contribution in [0.5, 0.6) is 5.75 Å². The van der Waals surface area contributed by atoms with E-state index in [1.165, 1.54) is 0 Å². The zero-order chi connectivity index (χ0) is 20.1. The number of rotatable bonds is 7. The molecule has 1 amide bonds. The minimum Gasteiger partial charge on any atom is -0.484 e. The Morgan fingerprint density at radius 2 is 1.96 bits per heavy atom. The van der Waals surface area contributed by atoms with Crippen molar-refractivity contribution in [1.82, 2.24) is 10.2 Å². The molecule has 3 rings (SSSR count). The van der Waals surface area contributed by atoms with Gasteiger partial charge in [-0.3, -0.25) is 4.79 Å². The SMILES string of the molecule is Cc1cc(Cl)ccc1OCc1nnc(SCC(=O)Nc2ccc(Cl)c(Cl)c2)o1. The van der Waals surface area contributed by atoms with Crippen LogP contribution in [0, 0.1) is 6.92 Å². The predicted octanol–water partition coefficient (Wildman–Crippen LogP) is 5.65. The van der Waals surface area contributed by atoms with Crippen LogP contribution in [0.25, 0.3) is 0 Å². The van der Waals surface area contributed by atoms with Crippen LogP contribution < -0.4 is 10.1 Å². The molecule has 0 unspecified atom stereocenters. The molecular formula is C18H14Cl3N3O3S. The molecule has 3 aromatic rings. The smallest absolute Gasteiger partial charge is 0.277 e. The van der Waals surface area contributed by atoms with Crippen molar-refractivity contribution in [3.63, 3.8) is 0 Å². The van der Waals surface area contributed by atoms with Gasteiger partial charge >= 0.3 is 0 Å². The van der Waals surface area contributed by atoms with Crippen molar-refractivity contribution >= 4 is 58.2 Å². The zero-order valence-corrected chi connectivity index (χ0v) is 17.6. The second-order valence-electron chi connectivity index (χ2n) is 5.63. The van der Waals surface area contributed by atoms with Crippen LogP contribution in [-0.4, -0.2) is 21.9 Å². The van der Waals surface area contributed by atoms with Crippen LogP contribution in [0.3, 0.4) is 0 Å². The number of aryl methyl sites for hydroxylation is 1. The highest BCUT2D eigenvalue weighted by molar-refractivity contribution is 7.99. The molecule has 2 aromatic carbocycles. The minimum absolute atomic E-state index is 0.0963. The first-order valence-corrected chi connectivity index (χ1v) is 10.1. The molecule has 1 aromatic heterocycles. The van der Waals surface area contributed by atoms with E-state index in [0.717, 1.165) is 17.3 Å². The van der Waals surface area contributed by atoms with E-state index in [1.807, 2.05) is 6.92 Å². The van der Waals surface area contributed by atoms with Gasteiger partial charge in [-0.15, -0.1) is 10.2 Å². The third-order valence-electron chi connectivity index (χ3n) is 3.47. The number of nitrogens with one attached hydrogen (secondary N) is 1. The molecule has 0 aliphatic rings. The summed E-state index contributed by atoms with van der Waals surface area (Å²) in [5, 5.41) is 12.2. The fourth-order valence-electron chi connectivity index (χ4n) is 2.17. The summed E-state index contributed by atoms with van der Waals surface area (Å²) in [4.78, 5) is 12.0. The third-order valence-corrected chi connectivity index (χ3v) is 5.26. The molecule has 0 radical (unpaired) electrons. The maximum atomic E-state index is 12.0. The van der Waals surface area contributed by atoms with Crippen molar-refractivity contribution < 1.29 is 13.9 Å². The predicted molar refractivity (Wildman–Crippen MR) is 111 cm³/mol. The monoisotopic (exact) mass is 457 g/mol. The summed E-state index contributed by atoms with van der Waals surface area (Å²) < 4.78 is 11.1. The number of amides is 1. The van der Waals surface area contributed by atoms with Crippen molar-refractivity contribution in [1.29, 1.82) is 0 Å². The number of nitrogens with zero attached hydrogens (tertiary/aromatic N) is 2. The molecule has 0 bridgehead atoms. The van der Waals surface area contributed by atoms with E-state index in [2.05, 4.69) is 15.5 Å². The maximum absolute atomic E-state index is 12.0. The highest BCUT2D eigenvalue weighted by Crippen LogP contribution is 2.26. The van der Waals surface area contributed by atoms with Gasteiger partial charge in [0, 0.05) is 10.7 Å². The number of aromatic nitrogens is 2. The summed E-state index contributed by atoms with van der Waals surface area (Å²) in [6.07, 6.45) is 0. The van der Waals surface area contributed by atoms with Gasteiger partial charge in [-0.2, -0.15) is 0 Å². The fraction of sp³-hybridized carbons (Fsp3) is 0.167. The first-order chi connectivity index (χ1) is 13.4. The number of hydrogen-bond donors (Lipinski definition) is 1. The number of hydrogen-bond acceptors (Lipinski definition) is 6. The average molecular weight is 459 g/mol. The van der Waals surface area contributed by atoms with Gasteiger partial charge < -0.3 is 14.5 Å². The normalized spacial score (nSPS) is 10.7. The van der Waals surface area contributed by atoms with E-state index >= 15 is 0 Å². The molecule has 1 heterocycles. The zero-order valence-electron chi connectivity index (χ0n) is 14.5. The average Bonchev–Trinajstić information content (AvgIpc) is 3.10. The third kappa shape index (κ3) is 5.78. The Kier molecular flexibility index (Phi) is 7.07. The largest absolute Gasteiger partial charge is 0.484 e. The Hall–Kier alpha value is -1.93. The topological polar surface area (TPSA) is 77.2 Å². The molecule has 146 valence electrons. The molecule has 1 N–H and O–H groups in total. The first kappa shape index (κ1) is 20.8. The number of carbonyl (C=O) groups excluding carboxylic acids is 1. The summed E-state index contributed by atoms with van der Waals surface area (Å²) >= 11 is 18.8. The van der Waals surface area contributed by atoms with E-state index in [1.54, 1.807) is 36.4 Å². The lowest BCUT2D eigenvalue weighted by atomic mass is 10.2. The molecule has 0 atom stereocenters. The van der Waals surface area contributed by atoms with E-state index in [-0.39, 0.29) is 23.5 Å². The first-order valence-electron chi connectivity index (χ1n) is 8.00. The van der Waals surface area contributed by atoms with Gasteiger partial charge in [-0.1, -0.05) is 46.6 Å². The van der Waals surface area contributed by atoms with Crippen molar-refractivity contribution in [2.75, 3.05) is 11.1 Å². The number of carbonyl (C=O) groups is 1. The van der Waals surface area contributed by atoms with E-state index in [0.29, 0.717) is 32.4 Å². The van der Waals surface area contributed by atoms with Gasteiger partial charge in [-0.25, -0.2) is 0 Å². The molecule has 0 saturated carbocycles. The number of benzene rings is 2. The quantitative estimate of drug-likeness (QED) is 0.461. The number of thioether (sulfide) groups is 1. The van der Waals surface area contributed by atoms with Crippen LogP contribution in [0.2, 0.25) is 15.1 Å². The lowest BCUT2D eigenvalue weighted by Gasteiger charge is -2.06. The molecule has 0 aliphatic heterocycles. The highest BCUT2D eigenvalue weighted by Gasteiger charge is 2.11. The van der Waals surface area contributed by atoms with E-state index in [4.69, 9.17) is 44.0 Å². The van der Waals surface area contributed by atoms with E-state index < -0.39 is 0 Å². The van der Waals surface area contributed by atoms with Gasteiger partial charge in [0.15, 0.2) is 6.61 Å². The summed E-state index contributed by atoms with van der Waals surface area (Å²) in [6, 6.07) is 10.2. The fourth-order valence-corrected chi connectivity index (χ4v) is 3.27. The van der Waals surface area contributed by atoms with Crippen molar-refractivity contribution in [2.45, 2.75) is 18.8 Å². The molecule has 0 spiro atoms. The lowest BCUT2D eigenvalue weighted by molar-refractivity contribution is -0.113. The van der Waals surface area contributed by atoms with Crippen LogP contribution in [0.4, 0.5) is 5.69 Å². The van der Waals surface area contributed by atoms with Gasteiger partial charge in [0.2, 0.25) is 5.91 Å². The van der Waals surface area contributed by atoms with Gasteiger partial charge in [0.05, 0.1) is 15.8 Å². The second kappa shape index (κ2) is 9.52. The summed E-state index contributed by atoms with van der Waals surface area (Å²) in [6.45, 7) is 2.01. The molecule has 0 fully saturated rings. The van der Waals surface area contributed by atoms with Crippen molar-refractivity contribution in [3.05, 3.63) is 62.9 Å². The Bertz CT molecular complexity index is 997. The standard InChI is InChI=1S/C18H14Cl3N3O3S/c1-10-6-11(19)2-5-15(10)26-8-17-23-24-18(27-17)28-9-16(25)22-12-3-4-13(20)14(21)7-12/h2-7H,8-9H2,1H3,(H,22,25). The summed E-state index contributed by atoms with van der Waals surface area (Å²) in [7, 11) is 0. The van der Waals surface area contributed by atoms with Gasteiger partial charge in [-0.05, 0) is 48.9 Å². The Labute approximate surface area is 180 Å². The molecule has 28 heavy (non-hydrogen) atoms. The molecule has 10 heteroatoms. The van der Waals surface area contributed by atoms with Crippen LogP contribution >= 0.6 is 46.6 Å². The highest BCUT2D eigenvalue weighted by atomic mass is 35.5. The summed E-state index contributed by atoms with van der Waals surface area (Å²) in [5.74, 6) is 0.842. The Morgan fingerprint density at radius 3 is 2.71 bits per heavy atom. The molecule has 6 nitrogen and oxygen atoms in total. The van der Waals surface area contributed by atoms with Crippen molar-refractivity contribution in [3.8, 4) is 5.75 Å². The van der Waals surface area contributed by atoms with Crippen LogP contribution in [0.1, 0.15) is 11.5 Å². The molecule has 0 aliphatic carbocycles. The van der Waals surface area contributed by atoms with Crippen LogP contribution in [-0.2, 0) is 11.4 Å². The summed E-state index contributed by atoms with van der Waals surface area (Å²) in [5.41, 5.74) is 1.46. The number of halogens is 3. The van der Waals surface area contributed by atoms with E-state index in [9.17, 15) is 4.79 Å². The Balaban J connectivity index is 1.48.